The van der Waals surface area contributed by atoms with Gasteiger partial charge in [0.05, 0.1) is 12.0 Å². The molecule has 0 aromatic carbocycles. The van der Waals surface area contributed by atoms with Crippen molar-refractivity contribution >= 4 is 11.8 Å². The number of aliphatic hydroxyl groups excluding tert-OH is 1. The number of hydrogen-bond acceptors (Lipinski definition) is 4. The molecule has 1 heterocycles. The predicted octanol–water partition coefficient (Wildman–Crippen LogP) is 4.16. The number of carbonyl (C=O) groups is 2. The van der Waals surface area contributed by atoms with Gasteiger partial charge in [-0.2, -0.15) is 0 Å². The number of Topliss-reactive ketones (excluding diaryl/α,β-unsaturated/α-hetero) is 1. The molecule has 0 aromatic heterocycles. The van der Waals surface area contributed by atoms with Gasteiger partial charge < -0.3 is 9.84 Å². The summed E-state index contributed by atoms with van der Waals surface area (Å²) in [6, 6.07) is 0. The smallest absolute Gasteiger partial charge is 0.313 e. The first-order valence-corrected chi connectivity index (χ1v) is 9.73. The van der Waals surface area contributed by atoms with Gasteiger partial charge in [-0.15, -0.1) is 0 Å². The summed E-state index contributed by atoms with van der Waals surface area (Å²) >= 11 is 0. The molecular weight excluding hydrogens is 316 g/mol. The summed E-state index contributed by atoms with van der Waals surface area (Å²) in [4.78, 5) is 24.0. The summed E-state index contributed by atoms with van der Waals surface area (Å²) in [5.41, 5.74) is 1.14. The van der Waals surface area contributed by atoms with E-state index in [1.165, 1.54) is 0 Å². The van der Waals surface area contributed by atoms with Crippen molar-refractivity contribution in [3.8, 4) is 0 Å². The van der Waals surface area contributed by atoms with Crippen LogP contribution in [0.1, 0.15) is 67.7 Å². The van der Waals surface area contributed by atoms with Gasteiger partial charge in [0.15, 0.2) is 0 Å². The van der Waals surface area contributed by atoms with E-state index >= 15 is 0 Å². The van der Waals surface area contributed by atoms with Crippen LogP contribution in [-0.4, -0.2) is 29.1 Å². The monoisotopic (exact) mass is 352 g/mol. The third kappa shape index (κ3) is 5.40. The SMILES string of the molecule is CC[C@@H]1C(=O)OC1[C@@H](C)CC(C)=C[C@@H](C)C(=O)[C@@H](C)[C@H](O)[C@@H](C)CC. The van der Waals surface area contributed by atoms with Crippen LogP contribution in [-0.2, 0) is 14.3 Å². The number of rotatable bonds is 10. The Bertz CT molecular complexity index is 496. The lowest BCUT2D eigenvalue weighted by molar-refractivity contribution is -0.191. The van der Waals surface area contributed by atoms with Crippen LogP contribution in [0.4, 0.5) is 0 Å². The minimum absolute atomic E-state index is 0.00185. The van der Waals surface area contributed by atoms with Crippen LogP contribution < -0.4 is 0 Å². The first kappa shape index (κ1) is 21.9. The van der Waals surface area contributed by atoms with Crippen molar-refractivity contribution in [2.75, 3.05) is 0 Å². The maximum atomic E-state index is 12.6. The summed E-state index contributed by atoms with van der Waals surface area (Å²) in [5, 5.41) is 10.3. The molecule has 1 N–H and O–H groups in total. The molecule has 4 heteroatoms. The van der Waals surface area contributed by atoms with Crippen molar-refractivity contribution in [2.24, 2.45) is 29.6 Å². The van der Waals surface area contributed by atoms with Gasteiger partial charge in [0, 0.05) is 11.8 Å². The Morgan fingerprint density at radius 1 is 1.24 bits per heavy atom. The highest BCUT2D eigenvalue weighted by Crippen LogP contribution is 2.34. The minimum Gasteiger partial charge on any atom is -0.461 e. The number of hydrogen-bond donors (Lipinski definition) is 1. The second-order valence-electron chi connectivity index (χ2n) is 7.97. The van der Waals surface area contributed by atoms with E-state index < -0.39 is 6.10 Å². The lowest BCUT2D eigenvalue weighted by Gasteiger charge is -2.38. The molecule has 4 nitrogen and oxygen atoms in total. The van der Waals surface area contributed by atoms with Crippen LogP contribution in [0.15, 0.2) is 11.6 Å². The van der Waals surface area contributed by atoms with Crippen LogP contribution in [0.3, 0.4) is 0 Å². The number of allylic oxidation sites excluding steroid dienone is 2. The van der Waals surface area contributed by atoms with Crippen LogP contribution in [0.2, 0.25) is 0 Å². The van der Waals surface area contributed by atoms with E-state index in [0.29, 0.717) is 0 Å². The molecule has 0 aromatic rings. The highest BCUT2D eigenvalue weighted by Gasteiger charge is 2.43. The van der Waals surface area contributed by atoms with Crippen molar-refractivity contribution in [1.29, 1.82) is 0 Å². The molecule has 1 rings (SSSR count). The van der Waals surface area contributed by atoms with E-state index in [1.807, 2.05) is 47.6 Å². The van der Waals surface area contributed by atoms with Crippen LogP contribution in [0.5, 0.6) is 0 Å². The van der Waals surface area contributed by atoms with Gasteiger partial charge >= 0.3 is 5.97 Å². The fourth-order valence-corrected chi connectivity index (χ4v) is 3.80. The van der Waals surface area contributed by atoms with Crippen molar-refractivity contribution in [3.05, 3.63) is 11.6 Å². The Morgan fingerprint density at radius 2 is 1.84 bits per heavy atom. The second-order valence-corrected chi connectivity index (χ2v) is 7.97. The van der Waals surface area contributed by atoms with Crippen molar-refractivity contribution < 1.29 is 19.4 Å². The topological polar surface area (TPSA) is 63.6 Å². The van der Waals surface area contributed by atoms with E-state index in [9.17, 15) is 14.7 Å². The van der Waals surface area contributed by atoms with Crippen molar-refractivity contribution in [1.82, 2.24) is 0 Å². The number of carbonyl (C=O) groups excluding carboxylic acids is 2. The van der Waals surface area contributed by atoms with Gasteiger partial charge in [0.25, 0.3) is 0 Å². The molecule has 1 aliphatic rings. The number of cyclic esters (lactones) is 1. The third-order valence-corrected chi connectivity index (χ3v) is 5.77. The molecule has 1 unspecified atom stereocenters. The highest BCUT2D eigenvalue weighted by molar-refractivity contribution is 5.85. The van der Waals surface area contributed by atoms with Gasteiger partial charge in [0.2, 0.25) is 0 Å². The van der Waals surface area contributed by atoms with Gasteiger partial charge in [-0.3, -0.25) is 9.59 Å². The molecule has 25 heavy (non-hydrogen) atoms. The number of ketones is 1. The Hall–Kier alpha value is -1.16. The summed E-state index contributed by atoms with van der Waals surface area (Å²) in [6.45, 7) is 13.9. The van der Waals surface area contributed by atoms with E-state index in [1.54, 1.807) is 0 Å². The van der Waals surface area contributed by atoms with E-state index in [4.69, 9.17) is 4.74 Å². The van der Waals surface area contributed by atoms with E-state index in [-0.39, 0.29) is 47.4 Å². The molecule has 0 radical (unpaired) electrons. The Balaban J connectivity index is 2.62. The fraction of sp³-hybridized carbons (Fsp3) is 0.810. The fourth-order valence-electron chi connectivity index (χ4n) is 3.80. The lowest BCUT2D eigenvalue weighted by Crippen LogP contribution is -2.48. The van der Waals surface area contributed by atoms with Crippen LogP contribution in [0, 0.1) is 29.6 Å². The number of aliphatic hydroxyl groups is 1. The lowest BCUT2D eigenvalue weighted by atomic mass is 9.81. The van der Waals surface area contributed by atoms with E-state index in [0.717, 1.165) is 24.8 Å². The standard InChI is InChI=1S/C21H36O4/c1-8-13(4)18(22)16(7)19(23)14(5)10-12(3)11-15(6)20-17(9-2)21(24)25-20/h10,13-18,20,22H,8-9,11H2,1-7H3/t13-,14+,15-,16-,17-,18+,20?/m0/s1. The Labute approximate surface area is 153 Å². The Morgan fingerprint density at radius 3 is 2.32 bits per heavy atom. The zero-order chi connectivity index (χ0) is 19.3. The molecule has 144 valence electrons. The maximum absolute atomic E-state index is 12.6. The van der Waals surface area contributed by atoms with Gasteiger partial charge in [-0.1, -0.05) is 59.6 Å². The highest BCUT2D eigenvalue weighted by atomic mass is 16.6. The molecule has 1 saturated heterocycles. The van der Waals surface area contributed by atoms with E-state index in [2.05, 4.69) is 6.92 Å². The first-order valence-electron chi connectivity index (χ1n) is 9.73. The largest absolute Gasteiger partial charge is 0.461 e. The molecule has 0 saturated carbocycles. The maximum Gasteiger partial charge on any atom is 0.313 e. The molecule has 7 atom stereocenters. The van der Waals surface area contributed by atoms with Gasteiger partial charge in [-0.05, 0) is 31.6 Å². The molecule has 1 aliphatic heterocycles. The van der Waals surface area contributed by atoms with Gasteiger partial charge in [-0.25, -0.2) is 0 Å². The molecule has 0 aliphatic carbocycles. The van der Waals surface area contributed by atoms with Gasteiger partial charge in [0.1, 0.15) is 11.9 Å². The Kier molecular flexibility index (Phi) is 8.33. The van der Waals surface area contributed by atoms with Crippen LogP contribution in [0.25, 0.3) is 0 Å². The molecule has 0 amide bonds. The molecule has 0 bridgehead atoms. The summed E-state index contributed by atoms with van der Waals surface area (Å²) < 4.78 is 5.30. The quantitative estimate of drug-likeness (QED) is 0.474. The molecular formula is C21H36O4. The summed E-state index contributed by atoms with van der Waals surface area (Å²) in [6.07, 6.45) is 3.90. The minimum atomic E-state index is -0.590. The summed E-state index contributed by atoms with van der Waals surface area (Å²) in [7, 11) is 0. The first-order chi connectivity index (χ1) is 11.6. The normalized spacial score (nSPS) is 26.9. The van der Waals surface area contributed by atoms with Crippen molar-refractivity contribution in [2.45, 2.75) is 79.9 Å². The summed E-state index contributed by atoms with van der Waals surface area (Å²) in [5.74, 6) is -0.179. The second kappa shape index (κ2) is 9.51. The zero-order valence-corrected chi connectivity index (χ0v) is 16.9. The average Bonchev–Trinajstić information content (AvgIpc) is 2.56. The predicted molar refractivity (Wildman–Crippen MR) is 100.0 cm³/mol. The van der Waals surface area contributed by atoms with Crippen LogP contribution >= 0.6 is 0 Å². The molecule has 1 fully saturated rings. The zero-order valence-electron chi connectivity index (χ0n) is 16.9. The third-order valence-electron chi connectivity index (χ3n) is 5.77. The number of ether oxygens (including phenoxy) is 1. The van der Waals surface area contributed by atoms with Crippen molar-refractivity contribution in [3.63, 3.8) is 0 Å². The number of esters is 1. The average molecular weight is 353 g/mol. The molecule has 0 spiro atoms.